The van der Waals surface area contributed by atoms with Crippen LogP contribution in [0, 0.1) is 6.92 Å². The molecule has 0 unspecified atom stereocenters. The number of hydrogen-bond acceptors (Lipinski definition) is 2. The van der Waals surface area contributed by atoms with E-state index >= 15 is 0 Å². The highest BCUT2D eigenvalue weighted by molar-refractivity contribution is 5.99. The van der Waals surface area contributed by atoms with E-state index in [4.69, 9.17) is 4.74 Å². The summed E-state index contributed by atoms with van der Waals surface area (Å²) in [4.78, 5) is 11.5. The van der Waals surface area contributed by atoms with E-state index in [1.54, 1.807) is 0 Å². The number of ether oxygens (including phenoxy) is 1. The predicted molar refractivity (Wildman–Crippen MR) is 111 cm³/mol. The summed E-state index contributed by atoms with van der Waals surface area (Å²) in [7, 11) is 0. The van der Waals surface area contributed by atoms with Crippen LogP contribution in [0.3, 0.4) is 0 Å². The summed E-state index contributed by atoms with van der Waals surface area (Å²) in [6.07, 6.45) is 7.08. The third kappa shape index (κ3) is 3.95. The summed E-state index contributed by atoms with van der Waals surface area (Å²) in [6.45, 7) is 4.69. The lowest BCUT2D eigenvalue weighted by Crippen LogP contribution is -1.95. The van der Waals surface area contributed by atoms with E-state index in [2.05, 4.69) is 52.2 Å². The zero-order valence-electron chi connectivity index (χ0n) is 15.6. The first-order chi connectivity index (χ1) is 13.2. The highest BCUT2D eigenvalue weighted by Crippen LogP contribution is 2.30. The smallest absolute Gasteiger partial charge is 0.145 e. The zero-order chi connectivity index (χ0) is 18.6. The van der Waals surface area contributed by atoms with Gasteiger partial charge in [-0.25, -0.2) is 0 Å². The predicted octanol–water partition coefficient (Wildman–Crippen LogP) is 5.66. The Morgan fingerprint density at radius 1 is 1.00 bits per heavy atom. The number of aliphatic imine (C=N–C) groups is 1. The molecule has 136 valence electrons. The molecule has 2 aromatic heterocycles. The highest BCUT2D eigenvalue weighted by atomic mass is 16.5. The molecule has 1 aliphatic rings. The van der Waals surface area contributed by atoms with Gasteiger partial charge in [-0.3, -0.25) is 4.99 Å². The molecule has 3 aromatic rings. The molecule has 0 bridgehead atoms. The van der Waals surface area contributed by atoms with Gasteiger partial charge in [-0.2, -0.15) is 0 Å². The lowest BCUT2D eigenvalue weighted by Gasteiger charge is -2.05. The number of allylic oxidation sites excluding steroid dienone is 2. The molecule has 2 N–H and O–H groups in total. The number of nitrogens with zero attached hydrogens (tertiary/aromatic N) is 1. The van der Waals surface area contributed by atoms with Gasteiger partial charge in [-0.1, -0.05) is 37.3 Å². The van der Waals surface area contributed by atoms with Gasteiger partial charge in [0.25, 0.3) is 0 Å². The second kappa shape index (κ2) is 7.54. The summed E-state index contributed by atoms with van der Waals surface area (Å²) in [5.41, 5.74) is 7.27. The van der Waals surface area contributed by atoms with Crippen molar-refractivity contribution in [1.82, 2.24) is 9.97 Å². The molecule has 0 saturated carbocycles. The molecule has 4 rings (SSSR count). The van der Waals surface area contributed by atoms with Crippen LogP contribution in [0.25, 0.3) is 17.5 Å². The third-order valence-corrected chi connectivity index (χ3v) is 4.54. The lowest BCUT2D eigenvalue weighted by atomic mass is 10.2. The van der Waals surface area contributed by atoms with Crippen LogP contribution in [0.4, 0.5) is 0 Å². The van der Waals surface area contributed by atoms with Gasteiger partial charge in [-0.05, 0) is 49.3 Å². The quantitative estimate of drug-likeness (QED) is 0.588. The Morgan fingerprint density at radius 3 is 2.56 bits per heavy atom. The third-order valence-electron chi connectivity index (χ3n) is 4.54. The molecule has 27 heavy (non-hydrogen) atoms. The van der Waals surface area contributed by atoms with Gasteiger partial charge in [0, 0.05) is 17.5 Å². The Balaban J connectivity index is 1.65. The van der Waals surface area contributed by atoms with E-state index in [0.29, 0.717) is 6.61 Å². The molecule has 0 saturated heterocycles. The van der Waals surface area contributed by atoms with E-state index in [1.165, 1.54) is 0 Å². The maximum atomic E-state index is 6.13. The Hall–Kier alpha value is -3.27. The van der Waals surface area contributed by atoms with Crippen molar-refractivity contribution in [3.63, 3.8) is 0 Å². The first-order valence-electron chi connectivity index (χ1n) is 9.24. The molecular formula is C23H23N3O. The van der Waals surface area contributed by atoms with Crippen LogP contribution in [-0.2, 0) is 6.61 Å². The molecule has 0 aliphatic carbocycles. The summed E-state index contributed by atoms with van der Waals surface area (Å²) in [5, 5.41) is 0. The Kier molecular flexibility index (Phi) is 4.79. The van der Waals surface area contributed by atoms with E-state index in [9.17, 15) is 0 Å². The monoisotopic (exact) mass is 357 g/mol. The average Bonchev–Trinajstić information content (AvgIpc) is 3.41. The first-order valence-corrected chi connectivity index (χ1v) is 9.24. The minimum Gasteiger partial charge on any atom is -0.487 e. The van der Waals surface area contributed by atoms with Crippen molar-refractivity contribution in [3.8, 4) is 17.1 Å². The molecule has 4 heteroatoms. The number of hydrogen-bond donors (Lipinski definition) is 2. The van der Waals surface area contributed by atoms with Gasteiger partial charge in [0.2, 0.25) is 0 Å². The number of rotatable bonds is 6. The largest absolute Gasteiger partial charge is 0.487 e. The molecule has 1 aliphatic heterocycles. The van der Waals surface area contributed by atoms with Crippen LogP contribution < -0.4 is 4.74 Å². The summed E-state index contributed by atoms with van der Waals surface area (Å²) >= 11 is 0. The molecule has 0 atom stereocenters. The van der Waals surface area contributed by atoms with Gasteiger partial charge in [-0.15, -0.1) is 0 Å². The molecule has 0 radical (unpaired) electrons. The van der Waals surface area contributed by atoms with Crippen LogP contribution in [0.2, 0.25) is 0 Å². The van der Waals surface area contributed by atoms with E-state index in [-0.39, 0.29) is 0 Å². The van der Waals surface area contributed by atoms with Crippen LogP contribution in [0.5, 0.6) is 5.75 Å². The Labute approximate surface area is 159 Å². The molecule has 0 amide bonds. The molecule has 0 spiro atoms. The molecular weight excluding hydrogens is 334 g/mol. The van der Waals surface area contributed by atoms with Crippen molar-refractivity contribution < 1.29 is 4.74 Å². The fourth-order valence-corrected chi connectivity index (χ4v) is 3.07. The maximum Gasteiger partial charge on any atom is 0.145 e. The highest BCUT2D eigenvalue weighted by Gasteiger charge is 2.12. The van der Waals surface area contributed by atoms with Crippen molar-refractivity contribution in [2.24, 2.45) is 4.99 Å². The second-order valence-corrected chi connectivity index (χ2v) is 6.65. The molecule has 4 nitrogen and oxygen atoms in total. The fraction of sp³-hybridized carbons (Fsp3) is 0.174. The number of aromatic amines is 2. The van der Waals surface area contributed by atoms with Gasteiger partial charge < -0.3 is 14.7 Å². The summed E-state index contributed by atoms with van der Waals surface area (Å²) in [5.74, 6) is 0.821. The topological polar surface area (TPSA) is 53.2 Å². The van der Waals surface area contributed by atoms with Crippen molar-refractivity contribution >= 4 is 11.8 Å². The van der Waals surface area contributed by atoms with E-state index in [0.717, 1.165) is 51.9 Å². The SMILES string of the molecule is CCC1=NC(=Cc2[nH]c(-c3ccc(C)[nH]3)cc2OCc2ccccc2)C=C1. The minimum absolute atomic E-state index is 0.525. The number of H-pyrrole nitrogens is 2. The standard InChI is InChI=1S/C23H23N3O/c1-3-18-10-11-19(25-18)13-22-23(27-15-17-7-5-4-6-8-17)14-21(26-22)20-12-9-16(2)24-20/h4-14,24,26H,3,15H2,1-2H3. The van der Waals surface area contributed by atoms with Gasteiger partial charge in [0.15, 0.2) is 0 Å². The van der Waals surface area contributed by atoms with Gasteiger partial charge >= 0.3 is 0 Å². The van der Waals surface area contributed by atoms with Crippen molar-refractivity contribution in [2.45, 2.75) is 26.9 Å². The van der Waals surface area contributed by atoms with Gasteiger partial charge in [0.05, 0.1) is 22.8 Å². The van der Waals surface area contributed by atoms with Crippen LogP contribution in [0.15, 0.2) is 71.4 Å². The van der Waals surface area contributed by atoms with Crippen LogP contribution in [-0.4, -0.2) is 15.7 Å². The number of nitrogens with one attached hydrogen (secondary N) is 2. The summed E-state index contributed by atoms with van der Waals surface area (Å²) < 4.78 is 6.13. The second-order valence-electron chi connectivity index (χ2n) is 6.65. The first kappa shape index (κ1) is 17.2. The van der Waals surface area contributed by atoms with Crippen LogP contribution in [0.1, 0.15) is 30.3 Å². The number of aromatic nitrogens is 2. The van der Waals surface area contributed by atoms with Crippen LogP contribution >= 0.6 is 0 Å². The van der Waals surface area contributed by atoms with Crippen molar-refractivity contribution in [2.75, 3.05) is 0 Å². The lowest BCUT2D eigenvalue weighted by molar-refractivity contribution is 0.306. The Bertz CT molecular complexity index is 1020. The van der Waals surface area contributed by atoms with E-state index in [1.807, 2.05) is 43.3 Å². The average molecular weight is 357 g/mol. The number of aryl methyl sites for hydroxylation is 1. The van der Waals surface area contributed by atoms with Crippen molar-refractivity contribution in [3.05, 3.63) is 83.3 Å². The van der Waals surface area contributed by atoms with Gasteiger partial charge in [0.1, 0.15) is 12.4 Å². The molecule has 1 aromatic carbocycles. The number of benzene rings is 1. The molecule has 0 fully saturated rings. The minimum atomic E-state index is 0.525. The van der Waals surface area contributed by atoms with Crippen molar-refractivity contribution in [1.29, 1.82) is 0 Å². The van der Waals surface area contributed by atoms with E-state index < -0.39 is 0 Å². The fourth-order valence-electron chi connectivity index (χ4n) is 3.07. The molecule has 3 heterocycles. The normalized spacial score (nSPS) is 14.7. The zero-order valence-corrected chi connectivity index (χ0v) is 15.6. The summed E-state index contributed by atoms with van der Waals surface area (Å²) in [6, 6.07) is 16.4. The maximum absolute atomic E-state index is 6.13. The Morgan fingerprint density at radius 2 is 1.85 bits per heavy atom.